The minimum absolute atomic E-state index is 0.127. The highest BCUT2D eigenvalue weighted by Gasteiger charge is 2.11. The monoisotopic (exact) mass is 207 g/mol. The Hall–Kier alpha value is -1.62. The lowest BCUT2D eigenvalue weighted by Crippen LogP contribution is -2.25. The first-order valence-electron chi connectivity index (χ1n) is 5.02. The Kier molecular flexibility index (Phi) is 2.82. The first-order valence-corrected chi connectivity index (χ1v) is 5.02. The molecule has 0 aliphatic carbocycles. The van der Waals surface area contributed by atoms with E-state index < -0.39 is 0 Å². The fraction of sp³-hybridized carbons (Fsp3) is 0.400. The summed E-state index contributed by atoms with van der Waals surface area (Å²) in [5.41, 5.74) is 4.25. The Morgan fingerprint density at radius 2 is 1.80 bits per heavy atom. The third-order valence-corrected chi connectivity index (χ3v) is 2.47. The Morgan fingerprint density at radius 3 is 2.33 bits per heavy atom. The van der Waals surface area contributed by atoms with Gasteiger partial charge in [0.25, 0.3) is 5.69 Å². The Bertz CT molecular complexity index is 344. The SMILES string of the molecule is O=[N+]([O-])c1ccc(NN2CCCC2)cc1. The van der Waals surface area contributed by atoms with Crippen LogP contribution >= 0.6 is 0 Å². The van der Waals surface area contributed by atoms with Gasteiger partial charge in [-0.25, -0.2) is 5.01 Å². The zero-order valence-corrected chi connectivity index (χ0v) is 8.35. The van der Waals surface area contributed by atoms with Crippen LogP contribution in [0.4, 0.5) is 11.4 Å². The summed E-state index contributed by atoms with van der Waals surface area (Å²) in [6.07, 6.45) is 2.42. The van der Waals surface area contributed by atoms with Gasteiger partial charge in [-0.05, 0) is 25.0 Å². The molecule has 0 bridgehead atoms. The smallest absolute Gasteiger partial charge is 0.269 e. The summed E-state index contributed by atoms with van der Waals surface area (Å²) in [6.45, 7) is 2.08. The van der Waals surface area contributed by atoms with Crippen molar-refractivity contribution in [2.75, 3.05) is 18.5 Å². The highest BCUT2D eigenvalue weighted by molar-refractivity contribution is 5.47. The second-order valence-electron chi connectivity index (χ2n) is 3.61. The first kappa shape index (κ1) is 9.92. The summed E-state index contributed by atoms with van der Waals surface area (Å²) in [5, 5.41) is 12.6. The fourth-order valence-corrected chi connectivity index (χ4v) is 1.67. The minimum atomic E-state index is -0.389. The average Bonchev–Trinajstić information content (AvgIpc) is 2.71. The van der Waals surface area contributed by atoms with Crippen molar-refractivity contribution in [1.29, 1.82) is 0 Å². The van der Waals surface area contributed by atoms with Gasteiger partial charge in [0.2, 0.25) is 0 Å². The van der Waals surface area contributed by atoms with E-state index in [0.717, 1.165) is 18.8 Å². The number of benzene rings is 1. The summed E-state index contributed by atoms with van der Waals surface area (Å²) < 4.78 is 0. The molecule has 15 heavy (non-hydrogen) atoms. The van der Waals surface area contributed by atoms with E-state index >= 15 is 0 Å². The molecule has 0 atom stereocenters. The first-order chi connectivity index (χ1) is 7.25. The highest BCUT2D eigenvalue weighted by atomic mass is 16.6. The molecule has 0 unspecified atom stereocenters. The number of anilines is 1. The number of nitro benzene ring substituents is 1. The van der Waals surface area contributed by atoms with Crippen molar-refractivity contribution in [2.45, 2.75) is 12.8 Å². The van der Waals surface area contributed by atoms with Crippen LogP contribution in [0.3, 0.4) is 0 Å². The fourth-order valence-electron chi connectivity index (χ4n) is 1.67. The van der Waals surface area contributed by atoms with Gasteiger partial charge in [-0.2, -0.15) is 0 Å². The molecule has 1 heterocycles. The third kappa shape index (κ3) is 2.44. The van der Waals surface area contributed by atoms with Crippen molar-refractivity contribution < 1.29 is 4.92 Å². The number of hydrogen-bond acceptors (Lipinski definition) is 4. The van der Waals surface area contributed by atoms with E-state index in [1.807, 2.05) is 0 Å². The zero-order valence-electron chi connectivity index (χ0n) is 8.35. The van der Waals surface area contributed by atoms with Gasteiger partial charge in [0, 0.05) is 30.9 Å². The van der Waals surface area contributed by atoms with Gasteiger partial charge in [-0.1, -0.05) is 0 Å². The Labute approximate surface area is 87.8 Å². The van der Waals surface area contributed by atoms with Gasteiger partial charge in [0.1, 0.15) is 0 Å². The van der Waals surface area contributed by atoms with Crippen LogP contribution in [-0.4, -0.2) is 23.0 Å². The van der Waals surface area contributed by atoms with Crippen LogP contribution < -0.4 is 5.43 Å². The topological polar surface area (TPSA) is 58.4 Å². The molecule has 0 saturated carbocycles. The molecule has 2 rings (SSSR count). The van der Waals surface area contributed by atoms with Crippen LogP contribution in [0.15, 0.2) is 24.3 Å². The second kappa shape index (κ2) is 4.27. The average molecular weight is 207 g/mol. The lowest BCUT2D eigenvalue weighted by Gasteiger charge is -2.17. The van der Waals surface area contributed by atoms with E-state index in [1.54, 1.807) is 12.1 Å². The standard InChI is InChI=1S/C10H13N3O2/c14-13(15)10-5-3-9(4-6-10)11-12-7-1-2-8-12/h3-6,11H,1-2,7-8H2. The normalized spacial score (nSPS) is 16.5. The molecule has 5 nitrogen and oxygen atoms in total. The van der Waals surface area contributed by atoms with E-state index in [2.05, 4.69) is 10.4 Å². The van der Waals surface area contributed by atoms with E-state index in [9.17, 15) is 10.1 Å². The van der Waals surface area contributed by atoms with Gasteiger partial charge >= 0.3 is 0 Å². The maximum Gasteiger partial charge on any atom is 0.269 e. The van der Waals surface area contributed by atoms with Crippen LogP contribution in [0.25, 0.3) is 0 Å². The quantitative estimate of drug-likeness (QED) is 0.608. The summed E-state index contributed by atoms with van der Waals surface area (Å²) >= 11 is 0. The molecule has 1 saturated heterocycles. The van der Waals surface area contributed by atoms with Crippen molar-refractivity contribution in [3.8, 4) is 0 Å². The van der Waals surface area contributed by atoms with Gasteiger partial charge in [-0.15, -0.1) is 0 Å². The molecule has 80 valence electrons. The second-order valence-corrected chi connectivity index (χ2v) is 3.61. The summed E-state index contributed by atoms with van der Waals surface area (Å²) in [7, 11) is 0. The van der Waals surface area contributed by atoms with Gasteiger partial charge in [0.15, 0.2) is 0 Å². The van der Waals surface area contributed by atoms with Crippen LogP contribution in [-0.2, 0) is 0 Å². The predicted octanol–water partition coefficient (Wildman–Crippen LogP) is 2.02. The summed E-state index contributed by atoms with van der Waals surface area (Å²) in [4.78, 5) is 10.0. The van der Waals surface area contributed by atoms with Crippen LogP contribution in [0.1, 0.15) is 12.8 Å². The lowest BCUT2D eigenvalue weighted by molar-refractivity contribution is -0.384. The minimum Gasteiger partial charge on any atom is -0.319 e. The van der Waals surface area contributed by atoms with Crippen molar-refractivity contribution >= 4 is 11.4 Å². The lowest BCUT2D eigenvalue weighted by atomic mass is 10.3. The maximum atomic E-state index is 10.4. The van der Waals surface area contributed by atoms with Gasteiger partial charge < -0.3 is 5.43 Å². The molecular formula is C10H13N3O2. The number of hydrazine groups is 1. The summed E-state index contributed by atoms with van der Waals surface area (Å²) in [5.74, 6) is 0. The highest BCUT2D eigenvalue weighted by Crippen LogP contribution is 2.17. The van der Waals surface area contributed by atoms with Crippen LogP contribution in [0.2, 0.25) is 0 Å². The molecule has 1 fully saturated rings. The predicted molar refractivity (Wildman–Crippen MR) is 57.5 cm³/mol. The van der Waals surface area contributed by atoms with Crippen molar-refractivity contribution in [3.05, 3.63) is 34.4 Å². The molecule has 1 aromatic carbocycles. The number of non-ortho nitro benzene ring substituents is 1. The number of hydrogen-bond donors (Lipinski definition) is 1. The summed E-state index contributed by atoms with van der Waals surface area (Å²) in [6, 6.07) is 6.49. The number of rotatable bonds is 3. The number of nitrogens with one attached hydrogen (secondary N) is 1. The maximum absolute atomic E-state index is 10.4. The van der Waals surface area contributed by atoms with Crippen LogP contribution in [0, 0.1) is 10.1 Å². The van der Waals surface area contributed by atoms with Crippen molar-refractivity contribution in [3.63, 3.8) is 0 Å². The van der Waals surface area contributed by atoms with E-state index in [4.69, 9.17) is 0 Å². The van der Waals surface area contributed by atoms with E-state index in [1.165, 1.54) is 25.0 Å². The molecule has 1 N–H and O–H groups in total. The van der Waals surface area contributed by atoms with E-state index in [0.29, 0.717) is 0 Å². The van der Waals surface area contributed by atoms with Gasteiger partial charge in [0.05, 0.1) is 4.92 Å². The third-order valence-electron chi connectivity index (χ3n) is 2.47. The molecule has 1 aliphatic rings. The van der Waals surface area contributed by atoms with Crippen molar-refractivity contribution in [2.24, 2.45) is 0 Å². The number of nitrogens with zero attached hydrogens (tertiary/aromatic N) is 2. The van der Waals surface area contributed by atoms with E-state index in [-0.39, 0.29) is 10.6 Å². The molecule has 0 spiro atoms. The molecule has 1 aromatic rings. The molecule has 1 aliphatic heterocycles. The molecule has 0 amide bonds. The van der Waals surface area contributed by atoms with Gasteiger partial charge in [-0.3, -0.25) is 10.1 Å². The molecule has 0 radical (unpaired) electrons. The largest absolute Gasteiger partial charge is 0.319 e. The molecule has 0 aromatic heterocycles. The Balaban J connectivity index is 2.00. The van der Waals surface area contributed by atoms with Crippen molar-refractivity contribution in [1.82, 2.24) is 5.01 Å². The number of nitro groups is 1. The molecular weight excluding hydrogens is 194 g/mol. The van der Waals surface area contributed by atoms with Crippen LogP contribution in [0.5, 0.6) is 0 Å². The zero-order chi connectivity index (χ0) is 10.7. The molecule has 5 heteroatoms. The Morgan fingerprint density at radius 1 is 1.20 bits per heavy atom.